The van der Waals surface area contributed by atoms with Crippen molar-refractivity contribution in [1.29, 1.82) is 0 Å². The van der Waals surface area contributed by atoms with Crippen LogP contribution in [0.3, 0.4) is 0 Å². The van der Waals surface area contributed by atoms with Gasteiger partial charge in [0.15, 0.2) is 0 Å². The van der Waals surface area contributed by atoms with E-state index in [-0.39, 0.29) is 19.6 Å². The number of allylic oxidation sites excluding steroid dienone is 2. The fourth-order valence-corrected chi connectivity index (χ4v) is 10.9. The molecule has 1 atom stereocenters. The van der Waals surface area contributed by atoms with E-state index in [0.717, 1.165) is 19.3 Å². The zero-order chi connectivity index (χ0) is 51.8. The molecule has 0 aromatic heterocycles. The van der Waals surface area contributed by atoms with Crippen LogP contribution in [0.4, 0.5) is 0 Å². The van der Waals surface area contributed by atoms with Crippen molar-refractivity contribution in [2.24, 2.45) is 11.3 Å². The van der Waals surface area contributed by atoms with Gasteiger partial charge in [0, 0.05) is 0 Å². The first-order valence-electron chi connectivity index (χ1n) is 32.8. The van der Waals surface area contributed by atoms with E-state index in [0.29, 0.717) is 6.42 Å². The Morgan fingerprint density at radius 1 is 0.361 bits per heavy atom. The quantitative estimate of drug-likeness (QED) is 0.0358. The summed E-state index contributed by atoms with van der Waals surface area (Å²) in [5.41, 5.74) is -1.12. The van der Waals surface area contributed by atoms with Crippen LogP contribution in [0.15, 0.2) is 12.2 Å². The molecule has 0 radical (unpaired) electrons. The number of cyclic esters (lactones) is 2. The number of aliphatic hydroxyl groups is 2. The highest BCUT2D eigenvalue weighted by Crippen LogP contribution is 2.25. The van der Waals surface area contributed by atoms with Crippen LogP contribution in [-0.4, -0.2) is 48.6 Å². The van der Waals surface area contributed by atoms with Gasteiger partial charge in [-0.25, -0.2) is 0 Å². The number of aliphatic hydroxyl groups excluding tert-OH is 2. The third kappa shape index (κ3) is 47.1. The largest absolute Gasteiger partial charge is 0.465 e. The molecule has 0 bridgehead atoms. The van der Waals surface area contributed by atoms with E-state index in [4.69, 9.17) is 9.47 Å². The molecule has 0 aliphatic carbocycles. The van der Waals surface area contributed by atoms with Crippen molar-refractivity contribution in [1.82, 2.24) is 0 Å². The second-order valence-corrected chi connectivity index (χ2v) is 23.5. The smallest absolute Gasteiger partial charge is 0.309 e. The van der Waals surface area contributed by atoms with Gasteiger partial charge in [-0.3, -0.25) is 9.59 Å². The molecule has 6 nitrogen and oxygen atoms in total. The highest BCUT2D eigenvalue weighted by molar-refractivity contribution is 5.80. The van der Waals surface area contributed by atoms with Crippen LogP contribution in [0.5, 0.6) is 0 Å². The lowest BCUT2D eigenvalue weighted by Gasteiger charge is -2.27. The van der Waals surface area contributed by atoms with Gasteiger partial charge in [0.25, 0.3) is 0 Å². The summed E-state index contributed by atoms with van der Waals surface area (Å²) in [6.07, 6.45) is 80.2. The molecule has 72 heavy (non-hydrogen) atoms. The Morgan fingerprint density at radius 2 is 0.597 bits per heavy atom. The van der Waals surface area contributed by atoms with Gasteiger partial charge in [-0.2, -0.15) is 0 Å². The highest BCUT2D eigenvalue weighted by Gasteiger charge is 2.36. The average molecular weight is 1020 g/mol. The van der Waals surface area contributed by atoms with Crippen LogP contribution < -0.4 is 0 Å². The number of rotatable bonds is 57. The molecule has 0 saturated carbocycles. The van der Waals surface area contributed by atoms with Gasteiger partial charge in [0.1, 0.15) is 13.2 Å². The molecule has 1 aliphatic rings. The Kier molecular flexibility index (Phi) is 53.2. The second kappa shape index (κ2) is 55.8. The Hall–Kier alpha value is -1.40. The first-order chi connectivity index (χ1) is 35.6. The molecular weight excluding hydrogens is 889 g/mol. The SMILES string of the molecule is CCCCCCC/C=C/CCCCCCCCCCCCCCCCCCCCCCCCCCCCCCCCCCCCCCCCCCCCCCCCC1CC(=O)OCC(CO)(CO)COC1=O. The van der Waals surface area contributed by atoms with E-state index in [9.17, 15) is 19.8 Å². The summed E-state index contributed by atoms with van der Waals surface area (Å²) in [6, 6.07) is 0. The maximum atomic E-state index is 12.5. The van der Waals surface area contributed by atoms with E-state index in [2.05, 4.69) is 19.1 Å². The summed E-state index contributed by atoms with van der Waals surface area (Å²) in [7, 11) is 0. The third-order valence-corrected chi connectivity index (χ3v) is 16.3. The number of carbonyl (C=O) groups is 2. The van der Waals surface area contributed by atoms with Crippen LogP contribution in [0.25, 0.3) is 0 Å². The molecule has 1 rings (SSSR count). The van der Waals surface area contributed by atoms with Crippen LogP contribution >= 0.6 is 0 Å². The summed E-state index contributed by atoms with van der Waals surface area (Å²) < 4.78 is 10.6. The van der Waals surface area contributed by atoms with Gasteiger partial charge < -0.3 is 19.7 Å². The minimum atomic E-state index is -1.12. The second-order valence-electron chi connectivity index (χ2n) is 23.5. The predicted octanol–water partition coefficient (Wildman–Crippen LogP) is 20.7. The molecule has 0 spiro atoms. The van der Waals surface area contributed by atoms with Gasteiger partial charge in [-0.05, 0) is 32.1 Å². The van der Waals surface area contributed by atoms with Crippen LogP contribution in [0, 0.1) is 11.3 Å². The van der Waals surface area contributed by atoms with Crippen molar-refractivity contribution >= 4 is 11.9 Å². The molecule has 2 N–H and O–H groups in total. The number of esters is 2. The number of carbonyl (C=O) groups excluding carboxylic acids is 2. The number of hydrogen-bond acceptors (Lipinski definition) is 6. The normalized spacial score (nSPS) is 15.2. The van der Waals surface area contributed by atoms with Crippen molar-refractivity contribution in [3.8, 4) is 0 Å². The van der Waals surface area contributed by atoms with Gasteiger partial charge in [-0.1, -0.05) is 334 Å². The summed E-state index contributed by atoms with van der Waals surface area (Å²) in [5, 5.41) is 19.2. The maximum Gasteiger partial charge on any atom is 0.309 e. The predicted molar refractivity (Wildman–Crippen MR) is 311 cm³/mol. The molecule has 1 saturated heterocycles. The lowest BCUT2D eigenvalue weighted by Crippen LogP contribution is -2.40. The first kappa shape index (κ1) is 68.6. The number of unbranched alkanes of at least 4 members (excludes halogenated alkanes) is 51. The van der Waals surface area contributed by atoms with Crippen LogP contribution in [0.2, 0.25) is 0 Å². The Morgan fingerprint density at radius 3 is 0.861 bits per heavy atom. The number of hydrogen-bond donors (Lipinski definition) is 2. The van der Waals surface area contributed by atoms with Crippen LogP contribution in [-0.2, 0) is 19.1 Å². The molecule has 1 fully saturated rings. The van der Waals surface area contributed by atoms with Crippen LogP contribution in [0.1, 0.15) is 360 Å². The fourth-order valence-electron chi connectivity index (χ4n) is 10.9. The fraction of sp³-hybridized carbons (Fsp3) is 0.939. The maximum absolute atomic E-state index is 12.5. The average Bonchev–Trinajstić information content (AvgIpc) is 3.45. The first-order valence-corrected chi connectivity index (χ1v) is 32.8. The molecule has 0 amide bonds. The van der Waals surface area contributed by atoms with Crippen molar-refractivity contribution in [2.45, 2.75) is 360 Å². The zero-order valence-electron chi connectivity index (χ0n) is 48.5. The van der Waals surface area contributed by atoms with Crippen molar-refractivity contribution < 1.29 is 29.3 Å². The number of ether oxygens (including phenoxy) is 2. The molecule has 1 heterocycles. The molecule has 426 valence electrons. The summed E-state index contributed by atoms with van der Waals surface area (Å²) in [4.78, 5) is 24.7. The summed E-state index contributed by atoms with van der Waals surface area (Å²) in [6.45, 7) is 1.20. The van der Waals surface area contributed by atoms with E-state index < -0.39 is 36.5 Å². The monoisotopic (exact) mass is 1010 g/mol. The Balaban J connectivity index is 1.67. The third-order valence-electron chi connectivity index (χ3n) is 16.3. The molecule has 6 heteroatoms. The standard InChI is InChI=1S/C66H126O6/c1-2-3-4-5-6-7-8-9-10-11-12-13-14-15-16-17-18-19-20-21-22-23-24-25-26-27-28-29-30-31-32-33-34-35-36-37-38-39-40-41-42-43-44-45-46-47-48-49-50-51-52-53-54-55-56-57-63-58-64(69)71-61-66(59-67,60-68)62-72-65(63)70/h8-9,63,67-68H,2-7,10-62H2,1H3/b9-8+. The molecular formula is C66H126O6. The minimum absolute atomic E-state index is 0.00520. The summed E-state index contributed by atoms with van der Waals surface area (Å²) in [5.74, 6) is -1.40. The molecule has 0 aromatic carbocycles. The zero-order valence-corrected chi connectivity index (χ0v) is 48.5. The Labute approximate surface area is 449 Å². The van der Waals surface area contributed by atoms with Gasteiger partial charge in [0.2, 0.25) is 0 Å². The minimum Gasteiger partial charge on any atom is -0.465 e. The highest BCUT2D eigenvalue weighted by atomic mass is 16.6. The summed E-state index contributed by atoms with van der Waals surface area (Å²) >= 11 is 0. The molecule has 1 aliphatic heterocycles. The molecule has 1 unspecified atom stereocenters. The Bertz CT molecular complexity index is 1130. The van der Waals surface area contributed by atoms with Crippen molar-refractivity contribution in [2.75, 3.05) is 26.4 Å². The van der Waals surface area contributed by atoms with Crippen molar-refractivity contribution in [3.05, 3.63) is 12.2 Å². The van der Waals surface area contributed by atoms with E-state index in [1.165, 1.54) is 321 Å². The lowest BCUT2D eigenvalue weighted by molar-refractivity contribution is -0.155. The van der Waals surface area contributed by atoms with Gasteiger partial charge >= 0.3 is 11.9 Å². The molecule has 0 aromatic rings. The lowest BCUT2D eigenvalue weighted by atomic mass is 9.92. The topological polar surface area (TPSA) is 93.1 Å². The van der Waals surface area contributed by atoms with Gasteiger partial charge in [0.05, 0.1) is 31.0 Å². The van der Waals surface area contributed by atoms with Crippen molar-refractivity contribution in [3.63, 3.8) is 0 Å². The van der Waals surface area contributed by atoms with E-state index in [1.54, 1.807) is 0 Å². The van der Waals surface area contributed by atoms with E-state index >= 15 is 0 Å². The van der Waals surface area contributed by atoms with E-state index in [1.807, 2.05) is 0 Å². The van der Waals surface area contributed by atoms with Gasteiger partial charge in [-0.15, -0.1) is 0 Å².